The van der Waals surface area contributed by atoms with Crippen LogP contribution in [0.25, 0.3) is 0 Å². The zero-order valence-corrected chi connectivity index (χ0v) is 5.90. The fourth-order valence-electron chi connectivity index (χ4n) is 1.27. The highest BCUT2D eigenvalue weighted by molar-refractivity contribution is 6.11. The molecule has 1 unspecified atom stereocenters. The number of carbonyl (C=O) groups is 1. The first-order chi connectivity index (χ1) is 5.38. The standard InChI is InChI=1S/C7H7N3O/c11-7-5-3-1-2-4-6(5)8-10-9-7/h2,4-5H,1,3H2. The van der Waals surface area contributed by atoms with Crippen molar-refractivity contribution in [3.05, 3.63) is 12.2 Å². The molecule has 1 aliphatic heterocycles. The van der Waals surface area contributed by atoms with Gasteiger partial charge >= 0.3 is 0 Å². The van der Waals surface area contributed by atoms with Gasteiger partial charge < -0.3 is 0 Å². The summed E-state index contributed by atoms with van der Waals surface area (Å²) in [5, 5.41) is 10.5. The molecular weight excluding hydrogens is 142 g/mol. The van der Waals surface area contributed by atoms with Crippen molar-refractivity contribution in [2.75, 3.05) is 0 Å². The minimum Gasteiger partial charge on any atom is -0.270 e. The van der Waals surface area contributed by atoms with Gasteiger partial charge in [0.15, 0.2) is 0 Å². The van der Waals surface area contributed by atoms with Gasteiger partial charge in [0.2, 0.25) is 0 Å². The van der Waals surface area contributed by atoms with Gasteiger partial charge in [-0.2, -0.15) is 0 Å². The zero-order valence-electron chi connectivity index (χ0n) is 5.90. The van der Waals surface area contributed by atoms with Crippen molar-refractivity contribution in [1.82, 2.24) is 0 Å². The smallest absolute Gasteiger partial charge is 0.270 e. The van der Waals surface area contributed by atoms with E-state index >= 15 is 0 Å². The third kappa shape index (κ3) is 1.00. The van der Waals surface area contributed by atoms with Gasteiger partial charge in [0, 0.05) is 0 Å². The highest BCUT2D eigenvalue weighted by Crippen LogP contribution is 2.20. The van der Waals surface area contributed by atoms with Crippen molar-refractivity contribution in [3.8, 4) is 0 Å². The maximum Gasteiger partial charge on any atom is 0.275 e. The van der Waals surface area contributed by atoms with Crippen molar-refractivity contribution in [2.45, 2.75) is 12.8 Å². The van der Waals surface area contributed by atoms with E-state index in [0.29, 0.717) is 0 Å². The zero-order chi connectivity index (χ0) is 7.68. The number of carbonyl (C=O) groups excluding carboxylic acids is 1. The summed E-state index contributed by atoms with van der Waals surface area (Å²) in [5.41, 5.74) is 0.760. The lowest BCUT2D eigenvalue weighted by atomic mass is 9.92. The van der Waals surface area contributed by atoms with Crippen LogP contribution in [0.2, 0.25) is 0 Å². The Balaban J connectivity index is 2.36. The summed E-state index contributed by atoms with van der Waals surface area (Å²) in [6.45, 7) is 0. The Morgan fingerprint density at radius 1 is 1.55 bits per heavy atom. The highest BCUT2D eigenvalue weighted by atomic mass is 16.2. The normalized spacial score (nSPS) is 28.2. The fourth-order valence-corrected chi connectivity index (χ4v) is 1.27. The van der Waals surface area contributed by atoms with Crippen LogP contribution in [-0.4, -0.2) is 11.6 Å². The second-order valence-electron chi connectivity index (χ2n) is 2.58. The molecule has 0 bridgehead atoms. The molecule has 0 aromatic rings. The van der Waals surface area contributed by atoms with Crippen LogP contribution < -0.4 is 0 Å². The quantitative estimate of drug-likeness (QED) is 0.512. The van der Waals surface area contributed by atoms with Gasteiger partial charge in [0.25, 0.3) is 5.91 Å². The molecule has 1 aliphatic carbocycles. The molecule has 1 heterocycles. The number of hydrogen-bond acceptors (Lipinski definition) is 3. The molecule has 4 heteroatoms. The van der Waals surface area contributed by atoms with Crippen molar-refractivity contribution in [3.63, 3.8) is 0 Å². The van der Waals surface area contributed by atoms with Gasteiger partial charge in [-0.1, -0.05) is 11.2 Å². The molecule has 1 atom stereocenters. The summed E-state index contributed by atoms with van der Waals surface area (Å²) in [7, 11) is 0. The third-order valence-electron chi connectivity index (χ3n) is 1.87. The molecule has 2 rings (SSSR count). The van der Waals surface area contributed by atoms with E-state index in [1.807, 2.05) is 12.2 Å². The Hall–Kier alpha value is -1.32. The van der Waals surface area contributed by atoms with Crippen LogP contribution in [0.3, 0.4) is 0 Å². The summed E-state index contributed by atoms with van der Waals surface area (Å²) >= 11 is 0. The second-order valence-corrected chi connectivity index (χ2v) is 2.58. The third-order valence-corrected chi connectivity index (χ3v) is 1.87. The molecule has 2 aliphatic rings. The van der Waals surface area contributed by atoms with E-state index in [0.717, 1.165) is 18.6 Å². The molecule has 4 nitrogen and oxygen atoms in total. The first-order valence-corrected chi connectivity index (χ1v) is 3.57. The number of hydrogen-bond donors (Lipinski definition) is 0. The van der Waals surface area contributed by atoms with Gasteiger partial charge in [-0.25, -0.2) is 0 Å². The monoisotopic (exact) mass is 149 g/mol. The first-order valence-electron chi connectivity index (χ1n) is 3.57. The number of nitrogens with zero attached hydrogens (tertiary/aromatic N) is 3. The summed E-state index contributed by atoms with van der Waals surface area (Å²) in [5.74, 6) is -0.267. The van der Waals surface area contributed by atoms with E-state index in [9.17, 15) is 4.79 Å². The molecule has 0 N–H and O–H groups in total. The van der Waals surface area contributed by atoms with Crippen LogP contribution in [-0.2, 0) is 4.79 Å². The van der Waals surface area contributed by atoms with Gasteiger partial charge in [-0.3, -0.25) is 4.79 Å². The Labute approximate surface area is 63.7 Å². The average Bonchev–Trinajstić information content (AvgIpc) is 2.06. The molecule has 0 fully saturated rings. The predicted octanol–water partition coefficient (Wildman–Crippen LogP) is 1.30. The van der Waals surface area contributed by atoms with Gasteiger partial charge in [-0.05, 0) is 24.1 Å². The minimum atomic E-state index is -0.153. The van der Waals surface area contributed by atoms with Crippen molar-refractivity contribution in [2.24, 2.45) is 21.4 Å². The summed E-state index contributed by atoms with van der Waals surface area (Å²) < 4.78 is 0. The van der Waals surface area contributed by atoms with Crippen molar-refractivity contribution >= 4 is 11.6 Å². The van der Waals surface area contributed by atoms with Crippen LogP contribution in [0.15, 0.2) is 27.6 Å². The Bertz CT molecular complexity index is 277. The van der Waals surface area contributed by atoms with Crippen LogP contribution in [0.5, 0.6) is 0 Å². The van der Waals surface area contributed by atoms with E-state index in [1.165, 1.54) is 0 Å². The molecule has 56 valence electrons. The lowest BCUT2D eigenvalue weighted by Gasteiger charge is -2.16. The van der Waals surface area contributed by atoms with E-state index in [4.69, 9.17) is 0 Å². The summed E-state index contributed by atoms with van der Waals surface area (Å²) in [6.07, 6.45) is 5.62. The van der Waals surface area contributed by atoms with Crippen molar-refractivity contribution in [1.29, 1.82) is 0 Å². The largest absolute Gasteiger partial charge is 0.275 e. The van der Waals surface area contributed by atoms with Crippen molar-refractivity contribution < 1.29 is 4.79 Å². The molecule has 1 amide bonds. The van der Waals surface area contributed by atoms with Crippen LogP contribution in [0.4, 0.5) is 0 Å². The lowest BCUT2D eigenvalue weighted by Crippen LogP contribution is -2.24. The summed E-state index contributed by atoms with van der Waals surface area (Å²) in [4.78, 5) is 11.1. The molecule has 0 saturated carbocycles. The maximum atomic E-state index is 11.1. The SMILES string of the molecule is O=C1N=NN=C2C=CCCC12. The van der Waals surface area contributed by atoms with E-state index in [-0.39, 0.29) is 11.8 Å². The fraction of sp³-hybridized carbons (Fsp3) is 0.429. The second kappa shape index (κ2) is 2.38. The maximum absolute atomic E-state index is 11.1. The van der Waals surface area contributed by atoms with Crippen LogP contribution in [0, 0.1) is 5.92 Å². The molecule has 0 aromatic heterocycles. The highest BCUT2D eigenvalue weighted by Gasteiger charge is 2.26. The van der Waals surface area contributed by atoms with Gasteiger partial charge in [0.1, 0.15) is 0 Å². The van der Waals surface area contributed by atoms with E-state index in [2.05, 4.69) is 15.4 Å². The number of fused-ring (bicyclic) bond motifs is 1. The van der Waals surface area contributed by atoms with Crippen LogP contribution in [0.1, 0.15) is 12.8 Å². The molecular formula is C7H7N3O. The molecule has 0 saturated heterocycles. The van der Waals surface area contributed by atoms with E-state index < -0.39 is 0 Å². The Kier molecular flexibility index (Phi) is 1.38. The predicted molar refractivity (Wildman–Crippen MR) is 39.2 cm³/mol. The Morgan fingerprint density at radius 3 is 3.27 bits per heavy atom. The minimum absolute atomic E-state index is 0.113. The number of amides is 1. The molecule has 11 heavy (non-hydrogen) atoms. The van der Waals surface area contributed by atoms with Crippen LogP contribution >= 0.6 is 0 Å². The average molecular weight is 149 g/mol. The van der Waals surface area contributed by atoms with Gasteiger partial charge in [-0.15, -0.1) is 5.10 Å². The topological polar surface area (TPSA) is 54.1 Å². The van der Waals surface area contributed by atoms with Gasteiger partial charge in [0.05, 0.1) is 11.6 Å². The molecule has 0 radical (unpaired) electrons. The van der Waals surface area contributed by atoms with E-state index in [1.54, 1.807) is 0 Å². The first kappa shape index (κ1) is 6.39. The lowest BCUT2D eigenvalue weighted by molar-refractivity contribution is -0.120. The Morgan fingerprint density at radius 2 is 2.45 bits per heavy atom. The number of allylic oxidation sites excluding steroid dienone is 2. The summed E-state index contributed by atoms with van der Waals surface area (Å²) in [6, 6.07) is 0. The molecule has 0 spiro atoms. The number of rotatable bonds is 0. The molecule has 0 aromatic carbocycles.